The van der Waals surface area contributed by atoms with Gasteiger partial charge in [-0.2, -0.15) is 0 Å². The molecule has 8 nitrogen and oxygen atoms in total. The number of nitrogens with zero attached hydrogens (tertiary/aromatic N) is 2. The van der Waals surface area contributed by atoms with Crippen molar-refractivity contribution in [1.29, 1.82) is 0 Å². The van der Waals surface area contributed by atoms with Gasteiger partial charge in [0, 0.05) is 11.1 Å². The minimum atomic E-state index is -4.21. The number of hydrogen-bond acceptors (Lipinski definition) is 5. The number of nitrogens with one attached hydrogen (secondary N) is 1. The summed E-state index contributed by atoms with van der Waals surface area (Å²) in [5.41, 5.74) is 1.15. The molecule has 0 bridgehead atoms. The standard InChI is InChI=1S/C22H19Cl2N3O5S/c1-14-6-9-17(10-7-14)33(31,32)26(21-12-16(23)8-11-18(21)24)13-22(28)25-19-4-3-5-20(15(19)2)27(29)30/h3-12H,13H2,1-2H3,(H,25,28). The molecule has 3 aromatic carbocycles. The Morgan fingerprint density at radius 2 is 1.73 bits per heavy atom. The fourth-order valence-corrected chi connectivity index (χ4v) is 4.96. The van der Waals surface area contributed by atoms with Crippen LogP contribution in [0.3, 0.4) is 0 Å². The summed E-state index contributed by atoms with van der Waals surface area (Å²) in [6.07, 6.45) is 0. The van der Waals surface area contributed by atoms with Crippen molar-refractivity contribution < 1.29 is 18.1 Å². The van der Waals surface area contributed by atoms with E-state index in [2.05, 4.69) is 5.32 Å². The Balaban J connectivity index is 2.01. The minimum Gasteiger partial charge on any atom is -0.324 e. The van der Waals surface area contributed by atoms with Gasteiger partial charge in [-0.05, 0) is 50.2 Å². The maximum atomic E-state index is 13.5. The largest absolute Gasteiger partial charge is 0.324 e. The molecule has 0 unspecified atom stereocenters. The number of aryl methyl sites for hydroxylation is 1. The smallest absolute Gasteiger partial charge is 0.274 e. The molecule has 0 aromatic heterocycles. The van der Waals surface area contributed by atoms with Gasteiger partial charge in [0.25, 0.3) is 15.7 Å². The lowest BCUT2D eigenvalue weighted by Gasteiger charge is -2.25. The second-order valence-electron chi connectivity index (χ2n) is 7.18. The van der Waals surface area contributed by atoms with Crippen LogP contribution in [0, 0.1) is 24.0 Å². The summed E-state index contributed by atoms with van der Waals surface area (Å²) in [7, 11) is -4.21. The van der Waals surface area contributed by atoms with E-state index >= 15 is 0 Å². The van der Waals surface area contributed by atoms with Crippen molar-refractivity contribution in [2.45, 2.75) is 18.7 Å². The van der Waals surface area contributed by atoms with Gasteiger partial charge in [0.1, 0.15) is 6.54 Å². The monoisotopic (exact) mass is 507 g/mol. The molecule has 0 aliphatic heterocycles. The molecular weight excluding hydrogens is 489 g/mol. The van der Waals surface area contributed by atoms with E-state index in [0.29, 0.717) is 0 Å². The number of carbonyl (C=O) groups is 1. The topological polar surface area (TPSA) is 110 Å². The van der Waals surface area contributed by atoms with Gasteiger partial charge in [0.15, 0.2) is 0 Å². The first kappa shape index (κ1) is 24.5. The summed E-state index contributed by atoms with van der Waals surface area (Å²) in [5, 5.41) is 14.0. The Hall–Kier alpha value is -3.14. The molecule has 0 spiro atoms. The van der Waals surface area contributed by atoms with Crippen LogP contribution in [0.2, 0.25) is 10.0 Å². The van der Waals surface area contributed by atoms with E-state index in [1.165, 1.54) is 55.5 Å². The lowest BCUT2D eigenvalue weighted by atomic mass is 10.1. The predicted octanol–water partition coefficient (Wildman–Crippen LogP) is 5.35. The van der Waals surface area contributed by atoms with E-state index in [9.17, 15) is 23.3 Å². The lowest BCUT2D eigenvalue weighted by Crippen LogP contribution is -2.38. The fourth-order valence-electron chi connectivity index (χ4n) is 3.09. The maximum absolute atomic E-state index is 13.5. The number of benzene rings is 3. The Labute approximate surface area is 200 Å². The molecule has 0 heterocycles. The molecule has 0 saturated carbocycles. The van der Waals surface area contributed by atoms with E-state index < -0.39 is 27.4 Å². The molecule has 172 valence electrons. The van der Waals surface area contributed by atoms with Gasteiger partial charge in [-0.15, -0.1) is 0 Å². The highest BCUT2D eigenvalue weighted by atomic mass is 35.5. The van der Waals surface area contributed by atoms with Crippen LogP contribution in [-0.2, 0) is 14.8 Å². The quantitative estimate of drug-likeness (QED) is 0.342. The van der Waals surface area contributed by atoms with E-state index in [1.54, 1.807) is 12.1 Å². The number of hydrogen-bond donors (Lipinski definition) is 1. The van der Waals surface area contributed by atoms with Gasteiger partial charge in [-0.3, -0.25) is 19.2 Å². The molecule has 0 saturated heterocycles. The molecule has 0 radical (unpaired) electrons. The van der Waals surface area contributed by atoms with Gasteiger partial charge >= 0.3 is 0 Å². The van der Waals surface area contributed by atoms with Crippen LogP contribution in [0.4, 0.5) is 17.1 Å². The average molecular weight is 508 g/mol. The first-order chi connectivity index (χ1) is 15.5. The molecule has 3 rings (SSSR count). The third kappa shape index (κ3) is 5.44. The van der Waals surface area contributed by atoms with E-state index in [-0.39, 0.29) is 37.6 Å². The number of sulfonamides is 1. The highest BCUT2D eigenvalue weighted by Gasteiger charge is 2.29. The molecule has 1 N–H and O–H groups in total. The first-order valence-electron chi connectivity index (χ1n) is 9.59. The number of anilines is 2. The number of nitro benzene ring substituents is 1. The molecule has 3 aromatic rings. The summed E-state index contributed by atoms with van der Waals surface area (Å²) in [4.78, 5) is 23.5. The number of carbonyl (C=O) groups excluding carboxylic acids is 1. The van der Waals surface area contributed by atoms with Crippen LogP contribution >= 0.6 is 23.2 Å². The summed E-state index contributed by atoms with van der Waals surface area (Å²) in [6.45, 7) is 2.66. The molecule has 1 amide bonds. The highest BCUT2D eigenvalue weighted by molar-refractivity contribution is 7.92. The number of nitro groups is 1. The molecule has 0 aliphatic rings. The lowest BCUT2D eigenvalue weighted by molar-refractivity contribution is -0.385. The fraction of sp³-hybridized carbons (Fsp3) is 0.136. The molecule has 33 heavy (non-hydrogen) atoms. The third-order valence-corrected chi connectivity index (χ3v) is 7.18. The zero-order chi connectivity index (χ0) is 24.3. The second kappa shape index (κ2) is 9.78. The SMILES string of the molecule is Cc1ccc(S(=O)(=O)N(CC(=O)Nc2cccc([N+](=O)[O-])c2C)c2cc(Cl)ccc2Cl)cc1. The Morgan fingerprint density at radius 3 is 2.36 bits per heavy atom. The Morgan fingerprint density at radius 1 is 1.06 bits per heavy atom. The van der Waals surface area contributed by atoms with Gasteiger partial charge in [0.2, 0.25) is 5.91 Å². The zero-order valence-electron chi connectivity index (χ0n) is 17.6. The third-order valence-electron chi connectivity index (χ3n) is 4.85. The second-order valence-corrected chi connectivity index (χ2v) is 9.88. The molecule has 0 fully saturated rings. The van der Waals surface area contributed by atoms with Crippen LogP contribution in [-0.4, -0.2) is 25.8 Å². The van der Waals surface area contributed by atoms with Gasteiger partial charge in [-0.25, -0.2) is 8.42 Å². The number of amides is 1. The van der Waals surface area contributed by atoms with Crippen molar-refractivity contribution in [2.24, 2.45) is 0 Å². The molecular formula is C22H19Cl2N3O5S. The number of halogens is 2. The predicted molar refractivity (Wildman–Crippen MR) is 129 cm³/mol. The van der Waals surface area contributed by atoms with Crippen molar-refractivity contribution in [3.63, 3.8) is 0 Å². The number of rotatable bonds is 7. The van der Waals surface area contributed by atoms with Crippen LogP contribution in [0.15, 0.2) is 65.6 Å². The van der Waals surface area contributed by atoms with Gasteiger partial charge < -0.3 is 5.32 Å². The summed E-state index contributed by atoms with van der Waals surface area (Å²) < 4.78 is 27.8. The zero-order valence-corrected chi connectivity index (χ0v) is 19.9. The van der Waals surface area contributed by atoms with Crippen molar-refractivity contribution in [1.82, 2.24) is 0 Å². The van der Waals surface area contributed by atoms with E-state index in [0.717, 1.165) is 9.87 Å². The first-order valence-corrected chi connectivity index (χ1v) is 11.8. The Bertz CT molecular complexity index is 1330. The van der Waals surface area contributed by atoms with Gasteiger partial charge in [0.05, 0.1) is 31.8 Å². The summed E-state index contributed by atoms with van der Waals surface area (Å²) in [5.74, 6) is -0.717. The summed E-state index contributed by atoms with van der Waals surface area (Å²) in [6, 6.07) is 14.6. The summed E-state index contributed by atoms with van der Waals surface area (Å²) >= 11 is 12.3. The molecule has 0 aliphatic carbocycles. The van der Waals surface area contributed by atoms with Crippen molar-refractivity contribution in [2.75, 3.05) is 16.2 Å². The van der Waals surface area contributed by atoms with Crippen molar-refractivity contribution in [3.05, 3.63) is 92.0 Å². The average Bonchev–Trinajstić information content (AvgIpc) is 2.75. The maximum Gasteiger partial charge on any atom is 0.274 e. The van der Waals surface area contributed by atoms with E-state index in [4.69, 9.17) is 23.2 Å². The van der Waals surface area contributed by atoms with E-state index in [1.807, 2.05) is 6.92 Å². The van der Waals surface area contributed by atoms with Gasteiger partial charge in [-0.1, -0.05) is 47.0 Å². The highest BCUT2D eigenvalue weighted by Crippen LogP contribution is 2.33. The van der Waals surface area contributed by atoms with Crippen LogP contribution in [0.5, 0.6) is 0 Å². The van der Waals surface area contributed by atoms with Crippen LogP contribution in [0.1, 0.15) is 11.1 Å². The van der Waals surface area contributed by atoms with Crippen molar-refractivity contribution >= 4 is 56.2 Å². The minimum absolute atomic E-state index is 0.0238. The molecule has 11 heteroatoms. The van der Waals surface area contributed by atoms with Crippen molar-refractivity contribution in [3.8, 4) is 0 Å². The molecule has 0 atom stereocenters. The Kier molecular flexibility index (Phi) is 7.26. The normalized spacial score (nSPS) is 11.2. The van der Waals surface area contributed by atoms with Crippen LogP contribution in [0.25, 0.3) is 0 Å². The van der Waals surface area contributed by atoms with Crippen LogP contribution < -0.4 is 9.62 Å².